The van der Waals surface area contributed by atoms with Crippen LogP contribution in [0.15, 0.2) is 18.2 Å². The van der Waals surface area contributed by atoms with Crippen LogP contribution < -0.4 is 0 Å². The van der Waals surface area contributed by atoms with Gasteiger partial charge in [-0.05, 0) is 18.2 Å². The Kier molecular flexibility index (Phi) is 3.19. The molecule has 0 aliphatic heterocycles. The lowest BCUT2D eigenvalue weighted by molar-refractivity contribution is 0.146. The fourth-order valence-corrected chi connectivity index (χ4v) is 2.16. The highest BCUT2D eigenvalue weighted by molar-refractivity contribution is 6.44. The summed E-state index contributed by atoms with van der Waals surface area (Å²) in [5.74, 6) is 0. The van der Waals surface area contributed by atoms with Crippen molar-refractivity contribution in [3.8, 4) is 0 Å². The lowest BCUT2D eigenvalue weighted by Crippen LogP contribution is -1.92. The molecule has 6 heteroatoms. The SMILES string of the molecule is FC(F)c1cc(Cl)c2c(Cl)ccc(Cl)c2n1. The molecule has 0 spiro atoms. The van der Waals surface area contributed by atoms with Gasteiger partial charge in [0.25, 0.3) is 6.43 Å². The Hall–Kier alpha value is -0.640. The Morgan fingerprint density at radius 3 is 2.25 bits per heavy atom. The zero-order valence-electron chi connectivity index (χ0n) is 7.65. The van der Waals surface area contributed by atoms with Crippen molar-refractivity contribution >= 4 is 45.7 Å². The van der Waals surface area contributed by atoms with Gasteiger partial charge in [0.2, 0.25) is 0 Å². The van der Waals surface area contributed by atoms with Crippen LogP contribution in [0.5, 0.6) is 0 Å². The summed E-state index contributed by atoms with van der Waals surface area (Å²) in [7, 11) is 0. The van der Waals surface area contributed by atoms with Crippen molar-refractivity contribution in [2.75, 3.05) is 0 Å². The van der Waals surface area contributed by atoms with E-state index in [1.165, 1.54) is 6.07 Å². The zero-order chi connectivity index (χ0) is 11.9. The van der Waals surface area contributed by atoms with Crippen molar-refractivity contribution in [2.24, 2.45) is 0 Å². The third kappa shape index (κ3) is 1.95. The topological polar surface area (TPSA) is 12.9 Å². The average molecular weight is 283 g/mol. The summed E-state index contributed by atoms with van der Waals surface area (Å²) in [4.78, 5) is 3.75. The molecule has 0 aliphatic carbocycles. The van der Waals surface area contributed by atoms with Crippen molar-refractivity contribution < 1.29 is 8.78 Å². The predicted octanol–water partition coefficient (Wildman–Crippen LogP) is 5.13. The number of pyridine rings is 1. The van der Waals surface area contributed by atoms with Crippen LogP contribution in [0.4, 0.5) is 8.78 Å². The molecule has 0 N–H and O–H groups in total. The average Bonchev–Trinajstić information content (AvgIpc) is 2.22. The van der Waals surface area contributed by atoms with Crippen LogP contribution in [0.3, 0.4) is 0 Å². The van der Waals surface area contributed by atoms with Gasteiger partial charge in [-0.1, -0.05) is 34.8 Å². The van der Waals surface area contributed by atoms with Crippen LogP contribution in [0.2, 0.25) is 15.1 Å². The first-order valence-electron chi connectivity index (χ1n) is 4.23. The van der Waals surface area contributed by atoms with Gasteiger partial charge >= 0.3 is 0 Å². The number of nitrogens with zero attached hydrogens (tertiary/aromatic N) is 1. The molecule has 0 bridgehead atoms. The maximum Gasteiger partial charge on any atom is 0.280 e. The fraction of sp³-hybridized carbons (Fsp3) is 0.100. The van der Waals surface area contributed by atoms with Crippen molar-refractivity contribution in [1.82, 2.24) is 4.98 Å². The maximum absolute atomic E-state index is 12.5. The van der Waals surface area contributed by atoms with Gasteiger partial charge < -0.3 is 0 Å². The van der Waals surface area contributed by atoms with E-state index < -0.39 is 12.1 Å². The van der Waals surface area contributed by atoms with Crippen molar-refractivity contribution in [2.45, 2.75) is 6.43 Å². The van der Waals surface area contributed by atoms with Gasteiger partial charge in [0.15, 0.2) is 0 Å². The van der Waals surface area contributed by atoms with Crippen LogP contribution in [0.25, 0.3) is 10.9 Å². The molecule has 1 heterocycles. The van der Waals surface area contributed by atoms with Crippen molar-refractivity contribution in [1.29, 1.82) is 0 Å². The van der Waals surface area contributed by atoms with E-state index in [0.717, 1.165) is 6.07 Å². The first-order chi connectivity index (χ1) is 7.50. The molecule has 16 heavy (non-hydrogen) atoms. The molecule has 84 valence electrons. The number of fused-ring (bicyclic) bond motifs is 1. The molecule has 0 saturated heterocycles. The highest BCUT2D eigenvalue weighted by Crippen LogP contribution is 2.35. The summed E-state index contributed by atoms with van der Waals surface area (Å²) >= 11 is 17.6. The molecule has 0 aliphatic rings. The van der Waals surface area contributed by atoms with Crippen molar-refractivity contribution in [3.63, 3.8) is 0 Å². The number of aromatic nitrogens is 1. The second-order valence-corrected chi connectivity index (χ2v) is 4.30. The molecule has 0 atom stereocenters. The number of alkyl halides is 2. The molecule has 1 nitrogen and oxygen atoms in total. The smallest absolute Gasteiger partial charge is 0.245 e. The van der Waals surface area contributed by atoms with Gasteiger partial charge in [0, 0.05) is 5.39 Å². The number of hydrogen-bond acceptors (Lipinski definition) is 1. The molecule has 0 fully saturated rings. The van der Waals surface area contributed by atoms with E-state index in [-0.39, 0.29) is 15.6 Å². The standard InChI is InChI=1S/C10H4Cl3F2N/c11-4-1-2-5(12)9-8(4)6(13)3-7(16-9)10(14)15/h1-3,10H. The Morgan fingerprint density at radius 1 is 1.00 bits per heavy atom. The lowest BCUT2D eigenvalue weighted by Gasteiger charge is -2.07. The summed E-state index contributed by atoms with van der Waals surface area (Å²) in [6.07, 6.45) is -2.70. The van der Waals surface area contributed by atoms with E-state index in [1.54, 1.807) is 6.07 Å². The molecular formula is C10H4Cl3F2N. The molecule has 1 aromatic heterocycles. The Morgan fingerprint density at radius 2 is 1.62 bits per heavy atom. The van der Waals surface area contributed by atoms with Gasteiger partial charge in [0.1, 0.15) is 5.69 Å². The molecule has 1 aromatic carbocycles. The van der Waals surface area contributed by atoms with E-state index in [1.807, 2.05) is 0 Å². The molecule has 0 unspecified atom stereocenters. The predicted molar refractivity (Wildman–Crippen MR) is 61.7 cm³/mol. The highest BCUT2D eigenvalue weighted by Gasteiger charge is 2.15. The number of halogens is 5. The van der Waals surface area contributed by atoms with Gasteiger partial charge in [-0.15, -0.1) is 0 Å². The molecule has 2 aromatic rings. The second-order valence-electron chi connectivity index (χ2n) is 3.08. The maximum atomic E-state index is 12.5. The monoisotopic (exact) mass is 281 g/mol. The summed E-state index contributed by atoms with van der Waals surface area (Å²) in [6.45, 7) is 0. The Labute approximate surface area is 105 Å². The highest BCUT2D eigenvalue weighted by atomic mass is 35.5. The number of rotatable bonds is 1. The van der Waals surface area contributed by atoms with E-state index in [4.69, 9.17) is 34.8 Å². The molecule has 0 radical (unpaired) electrons. The summed E-state index contributed by atoms with van der Waals surface area (Å²) in [5, 5.41) is 1.08. The summed E-state index contributed by atoms with van der Waals surface area (Å²) < 4.78 is 25.0. The molecule has 0 amide bonds. The normalized spacial score (nSPS) is 11.4. The minimum Gasteiger partial charge on any atom is -0.245 e. The van der Waals surface area contributed by atoms with Crippen molar-refractivity contribution in [3.05, 3.63) is 39.0 Å². The van der Waals surface area contributed by atoms with Gasteiger partial charge in [0.05, 0.1) is 20.6 Å². The molecule has 2 rings (SSSR count). The van der Waals surface area contributed by atoms with E-state index in [0.29, 0.717) is 10.4 Å². The van der Waals surface area contributed by atoms with Crippen LogP contribution >= 0.6 is 34.8 Å². The van der Waals surface area contributed by atoms with Crippen LogP contribution in [-0.2, 0) is 0 Å². The summed E-state index contributed by atoms with van der Waals surface area (Å²) in [5.41, 5.74) is -0.223. The minimum absolute atomic E-state index is 0.118. The first kappa shape index (κ1) is 11.8. The first-order valence-corrected chi connectivity index (χ1v) is 5.36. The van der Waals surface area contributed by atoms with Crippen LogP contribution in [0, 0.1) is 0 Å². The van der Waals surface area contributed by atoms with E-state index >= 15 is 0 Å². The van der Waals surface area contributed by atoms with Crippen LogP contribution in [-0.4, -0.2) is 4.98 Å². The lowest BCUT2D eigenvalue weighted by atomic mass is 10.2. The van der Waals surface area contributed by atoms with E-state index in [2.05, 4.69) is 4.98 Å². The third-order valence-corrected chi connectivity index (χ3v) is 2.97. The summed E-state index contributed by atoms with van der Waals surface area (Å²) in [6, 6.07) is 4.13. The molecular weight excluding hydrogens is 278 g/mol. The zero-order valence-corrected chi connectivity index (χ0v) is 9.91. The Balaban J connectivity index is 2.86. The van der Waals surface area contributed by atoms with Gasteiger partial charge in [-0.2, -0.15) is 0 Å². The quantitative estimate of drug-likeness (QED) is 0.706. The fourth-order valence-electron chi connectivity index (χ4n) is 1.35. The minimum atomic E-state index is -2.70. The van der Waals surface area contributed by atoms with Gasteiger partial charge in [-0.3, -0.25) is 0 Å². The Bertz CT molecular complexity index is 557. The second kappa shape index (κ2) is 4.32. The number of hydrogen-bond donors (Lipinski definition) is 0. The van der Waals surface area contributed by atoms with Gasteiger partial charge in [-0.25, -0.2) is 13.8 Å². The number of benzene rings is 1. The van der Waals surface area contributed by atoms with Crippen LogP contribution in [0.1, 0.15) is 12.1 Å². The van der Waals surface area contributed by atoms with E-state index in [9.17, 15) is 8.78 Å². The largest absolute Gasteiger partial charge is 0.280 e. The molecule has 0 saturated carbocycles. The third-order valence-electron chi connectivity index (χ3n) is 2.06.